The summed E-state index contributed by atoms with van der Waals surface area (Å²) in [6.07, 6.45) is 2.87. The number of nitrogens with zero attached hydrogens (tertiary/aromatic N) is 1. The van der Waals surface area contributed by atoms with Crippen molar-refractivity contribution in [3.63, 3.8) is 0 Å². The molecule has 17 heavy (non-hydrogen) atoms. The summed E-state index contributed by atoms with van der Waals surface area (Å²) < 4.78 is 0. The Morgan fingerprint density at radius 3 is 2.76 bits per heavy atom. The van der Waals surface area contributed by atoms with Gasteiger partial charge in [0.25, 0.3) is 0 Å². The van der Waals surface area contributed by atoms with E-state index in [0.717, 1.165) is 30.9 Å². The van der Waals surface area contributed by atoms with Gasteiger partial charge in [-0.3, -0.25) is 9.59 Å². The topological polar surface area (TPSA) is 37.4 Å². The lowest BCUT2D eigenvalue weighted by atomic mass is 10.1. The Labute approximate surface area is 105 Å². The standard InChI is InChI=1S/C13H17NO2S/c15-11-5-8-14(9-6-11)7-1-3-12(16)13-4-2-10-17-13/h2,4,10H,1,3,5-9H2. The average molecular weight is 251 g/mol. The average Bonchev–Trinajstić information content (AvgIpc) is 2.85. The summed E-state index contributed by atoms with van der Waals surface area (Å²) in [5.74, 6) is 0.615. The molecule has 0 bridgehead atoms. The molecule has 0 saturated carbocycles. The molecule has 0 aliphatic carbocycles. The molecule has 0 unspecified atom stereocenters. The maximum atomic E-state index is 11.7. The zero-order valence-electron chi connectivity index (χ0n) is 9.85. The van der Waals surface area contributed by atoms with E-state index in [9.17, 15) is 9.59 Å². The number of rotatable bonds is 5. The number of hydrogen-bond donors (Lipinski definition) is 0. The summed E-state index contributed by atoms with van der Waals surface area (Å²) >= 11 is 1.51. The molecule has 92 valence electrons. The number of likely N-dealkylation sites (tertiary alicyclic amines) is 1. The third kappa shape index (κ3) is 3.75. The van der Waals surface area contributed by atoms with Crippen molar-refractivity contribution >= 4 is 22.9 Å². The molecule has 0 atom stereocenters. The van der Waals surface area contributed by atoms with Crippen LogP contribution in [0.5, 0.6) is 0 Å². The zero-order chi connectivity index (χ0) is 12.1. The Balaban J connectivity index is 1.66. The van der Waals surface area contributed by atoms with Gasteiger partial charge >= 0.3 is 0 Å². The molecule has 0 aromatic carbocycles. The summed E-state index contributed by atoms with van der Waals surface area (Å²) in [5.41, 5.74) is 0. The van der Waals surface area contributed by atoms with Crippen LogP contribution in [0.15, 0.2) is 17.5 Å². The van der Waals surface area contributed by atoms with E-state index in [1.807, 2.05) is 17.5 Å². The largest absolute Gasteiger partial charge is 0.302 e. The molecule has 0 N–H and O–H groups in total. The van der Waals surface area contributed by atoms with Crippen molar-refractivity contribution in [1.82, 2.24) is 4.90 Å². The fourth-order valence-corrected chi connectivity index (χ4v) is 2.74. The van der Waals surface area contributed by atoms with Crippen LogP contribution in [-0.4, -0.2) is 36.1 Å². The molecule has 3 nitrogen and oxygen atoms in total. The molecule has 1 aromatic rings. The number of Topliss-reactive ketones (excluding diaryl/α,β-unsaturated/α-hetero) is 2. The minimum Gasteiger partial charge on any atom is -0.302 e. The maximum Gasteiger partial charge on any atom is 0.172 e. The van der Waals surface area contributed by atoms with Gasteiger partial charge in [0.05, 0.1) is 4.88 Å². The number of thiophene rings is 1. The Morgan fingerprint density at radius 1 is 1.35 bits per heavy atom. The highest BCUT2D eigenvalue weighted by atomic mass is 32.1. The summed E-state index contributed by atoms with van der Waals surface area (Å²) in [5, 5.41) is 1.93. The fraction of sp³-hybridized carbons (Fsp3) is 0.538. The van der Waals surface area contributed by atoms with Gasteiger partial charge in [-0.25, -0.2) is 0 Å². The van der Waals surface area contributed by atoms with Crippen molar-refractivity contribution in [3.8, 4) is 0 Å². The van der Waals surface area contributed by atoms with Crippen LogP contribution in [-0.2, 0) is 4.79 Å². The molecule has 4 heteroatoms. The fourth-order valence-electron chi connectivity index (χ4n) is 2.05. The number of carbonyl (C=O) groups is 2. The van der Waals surface area contributed by atoms with E-state index in [1.165, 1.54) is 11.3 Å². The van der Waals surface area contributed by atoms with Gasteiger partial charge in [-0.2, -0.15) is 0 Å². The molecular weight excluding hydrogens is 234 g/mol. The van der Waals surface area contributed by atoms with Gasteiger partial charge in [0, 0.05) is 32.4 Å². The van der Waals surface area contributed by atoms with Crippen LogP contribution >= 0.6 is 11.3 Å². The van der Waals surface area contributed by atoms with E-state index in [2.05, 4.69) is 4.90 Å². The molecule has 0 radical (unpaired) electrons. The second-order valence-electron chi connectivity index (χ2n) is 4.38. The summed E-state index contributed by atoms with van der Waals surface area (Å²) in [6.45, 7) is 2.67. The minimum atomic E-state index is 0.244. The molecule has 0 spiro atoms. The molecular formula is C13H17NO2S. The highest BCUT2D eigenvalue weighted by Crippen LogP contribution is 2.13. The van der Waals surface area contributed by atoms with Crippen molar-refractivity contribution in [2.75, 3.05) is 19.6 Å². The van der Waals surface area contributed by atoms with Crippen LogP contribution in [0, 0.1) is 0 Å². The second-order valence-corrected chi connectivity index (χ2v) is 5.33. The van der Waals surface area contributed by atoms with E-state index in [4.69, 9.17) is 0 Å². The van der Waals surface area contributed by atoms with Gasteiger partial charge in [-0.15, -0.1) is 11.3 Å². The Hall–Kier alpha value is -1.000. The van der Waals surface area contributed by atoms with Crippen LogP contribution in [0.3, 0.4) is 0 Å². The predicted octanol–water partition coefficient (Wildman–Crippen LogP) is 2.38. The third-order valence-electron chi connectivity index (χ3n) is 3.09. The normalized spacial score (nSPS) is 17.3. The van der Waals surface area contributed by atoms with E-state index >= 15 is 0 Å². The number of piperidine rings is 1. The predicted molar refractivity (Wildman–Crippen MR) is 68.6 cm³/mol. The number of ketones is 2. The smallest absolute Gasteiger partial charge is 0.172 e. The number of hydrogen-bond acceptors (Lipinski definition) is 4. The highest BCUT2D eigenvalue weighted by molar-refractivity contribution is 7.12. The summed E-state index contributed by atoms with van der Waals surface area (Å²) in [6, 6.07) is 3.79. The van der Waals surface area contributed by atoms with E-state index in [0.29, 0.717) is 25.0 Å². The van der Waals surface area contributed by atoms with Crippen molar-refractivity contribution in [2.24, 2.45) is 0 Å². The van der Waals surface area contributed by atoms with Gasteiger partial charge in [-0.05, 0) is 24.4 Å². The van der Waals surface area contributed by atoms with Gasteiger partial charge in [0.1, 0.15) is 5.78 Å². The lowest BCUT2D eigenvalue weighted by molar-refractivity contribution is -0.121. The lowest BCUT2D eigenvalue weighted by Crippen LogP contribution is -2.34. The summed E-state index contributed by atoms with van der Waals surface area (Å²) in [7, 11) is 0. The zero-order valence-corrected chi connectivity index (χ0v) is 10.7. The van der Waals surface area contributed by atoms with Gasteiger partial charge < -0.3 is 4.90 Å². The monoisotopic (exact) mass is 251 g/mol. The van der Waals surface area contributed by atoms with Gasteiger partial charge in [0.2, 0.25) is 0 Å². The lowest BCUT2D eigenvalue weighted by Gasteiger charge is -2.25. The first kappa shape index (κ1) is 12.5. The Morgan fingerprint density at radius 2 is 2.12 bits per heavy atom. The van der Waals surface area contributed by atoms with E-state index in [-0.39, 0.29) is 5.78 Å². The van der Waals surface area contributed by atoms with Gasteiger partial charge in [0.15, 0.2) is 5.78 Å². The second kappa shape index (κ2) is 6.07. The van der Waals surface area contributed by atoms with Gasteiger partial charge in [-0.1, -0.05) is 6.07 Å². The van der Waals surface area contributed by atoms with E-state index in [1.54, 1.807) is 0 Å². The molecule has 1 saturated heterocycles. The van der Waals surface area contributed by atoms with Crippen molar-refractivity contribution in [1.29, 1.82) is 0 Å². The molecule has 1 aromatic heterocycles. The van der Waals surface area contributed by atoms with Crippen LogP contribution in [0.1, 0.15) is 35.4 Å². The Bertz CT molecular complexity index is 376. The van der Waals surface area contributed by atoms with Crippen LogP contribution in [0.4, 0.5) is 0 Å². The molecule has 1 fully saturated rings. The van der Waals surface area contributed by atoms with Crippen LogP contribution in [0.2, 0.25) is 0 Å². The molecule has 1 aliphatic heterocycles. The first-order valence-corrected chi connectivity index (χ1v) is 6.94. The molecule has 0 amide bonds. The van der Waals surface area contributed by atoms with Crippen molar-refractivity contribution in [3.05, 3.63) is 22.4 Å². The highest BCUT2D eigenvalue weighted by Gasteiger charge is 2.16. The van der Waals surface area contributed by atoms with Crippen LogP contribution < -0.4 is 0 Å². The number of carbonyl (C=O) groups excluding carboxylic acids is 2. The SMILES string of the molecule is O=C1CCN(CCCC(=O)c2cccs2)CC1. The minimum absolute atomic E-state index is 0.244. The summed E-state index contributed by atoms with van der Waals surface area (Å²) in [4.78, 5) is 25.9. The van der Waals surface area contributed by atoms with E-state index < -0.39 is 0 Å². The Kier molecular flexibility index (Phi) is 4.45. The molecule has 1 aliphatic rings. The molecule has 2 heterocycles. The maximum absolute atomic E-state index is 11.7. The third-order valence-corrected chi connectivity index (χ3v) is 4.00. The van der Waals surface area contributed by atoms with Crippen molar-refractivity contribution < 1.29 is 9.59 Å². The van der Waals surface area contributed by atoms with Crippen LogP contribution in [0.25, 0.3) is 0 Å². The first-order chi connectivity index (χ1) is 8.25. The quantitative estimate of drug-likeness (QED) is 0.754. The first-order valence-electron chi connectivity index (χ1n) is 6.06. The molecule has 2 rings (SSSR count). The van der Waals surface area contributed by atoms with Crippen molar-refractivity contribution in [2.45, 2.75) is 25.7 Å².